The van der Waals surface area contributed by atoms with E-state index < -0.39 is 12.3 Å². The first-order valence-corrected chi connectivity index (χ1v) is 2.68. The van der Waals surface area contributed by atoms with Crippen molar-refractivity contribution < 1.29 is 9.90 Å². The monoisotopic (exact) mass is 141 g/mol. The van der Waals surface area contributed by atoms with Gasteiger partial charge in [-0.3, -0.25) is 9.89 Å². The first-order chi connectivity index (χ1) is 4.72. The van der Waals surface area contributed by atoms with Gasteiger partial charge in [0.25, 0.3) is 0 Å². The van der Waals surface area contributed by atoms with Crippen molar-refractivity contribution in [2.75, 3.05) is 0 Å². The predicted molar refractivity (Wildman–Crippen MR) is 35.5 cm³/mol. The molecule has 0 fully saturated rings. The number of rotatable bonds is 0. The Hall–Kier alpha value is -1.36. The Morgan fingerprint density at radius 1 is 1.80 bits per heavy atom. The van der Waals surface area contributed by atoms with E-state index in [2.05, 4.69) is 4.99 Å². The third-order valence-corrected chi connectivity index (χ3v) is 1.09. The molecule has 1 aliphatic rings. The topological polar surface area (TPSA) is 78.9 Å². The van der Waals surface area contributed by atoms with Gasteiger partial charge in [0.15, 0.2) is 0 Å². The molecule has 1 heterocycles. The van der Waals surface area contributed by atoms with Gasteiger partial charge in [0.1, 0.15) is 6.17 Å². The molecule has 1 rings (SSSR count). The summed E-state index contributed by atoms with van der Waals surface area (Å²) in [6.45, 7) is 0. The molecule has 0 aromatic carbocycles. The standard InChI is InChI=1S/C5H7N3O2/c6-4-3-7-1-2-8(4)5(9)10/h1-4H,6H2,(H,9,10). The average molecular weight is 141 g/mol. The molecular weight excluding hydrogens is 134 g/mol. The van der Waals surface area contributed by atoms with Crippen molar-refractivity contribution in [1.29, 1.82) is 0 Å². The van der Waals surface area contributed by atoms with E-state index in [4.69, 9.17) is 10.8 Å². The molecule has 10 heavy (non-hydrogen) atoms. The van der Waals surface area contributed by atoms with E-state index in [1.54, 1.807) is 0 Å². The van der Waals surface area contributed by atoms with E-state index in [1.165, 1.54) is 18.6 Å². The van der Waals surface area contributed by atoms with Crippen LogP contribution in [0.1, 0.15) is 0 Å². The smallest absolute Gasteiger partial charge is 0.413 e. The maximum atomic E-state index is 10.3. The molecular formula is C5H7N3O2. The van der Waals surface area contributed by atoms with Crippen LogP contribution in [0, 0.1) is 0 Å². The van der Waals surface area contributed by atoms with Gasteiger partial charge in [-0.05, 0) is 0 Å². The highest BCUT2D eigenvalue weighted by atomic mass is 16.4. The normalized spacial score (nSPS) is 23.3. The molecule has 0 aromatic rings. The van der Waals surface area contributed by atoms with Gasteiger partial charge < -0.3 is 10.8 Å². The fraction of sp³-hybridized carbons (Fsp3) is 0.200. The molecule has 3 N–H and O–H groups in total. The number of hydrogen-bond acceptors (Lipinski definition) is 3. The highest BCUT2D eigenvalue weighted by Crippen LogP contribution is 1.98. The van der Waals surface area contributed by atoms with Crippen molar-refractivity contribution in [3.8, 4) is 0 Å². The lowest BCUT2D eigenvalue weighted by Gasteiger charge is -2.20. The molecule has 1 unspecified atom stereocenters. The second-order valence-electron chi connectivity index (χ2n) is 1.78. The minimum Gasteiger partial charge on any atom is -0.465 e. The van der Waals surface area contributed by atoms with Gasteiger partial charge in [-0.15, -0.1) is 0 Å². The highest BCUT2D eigenvalue weighted by Gasteiger charge is 2.16. The molecule has 0 saturated carbocycles. The van der Waals surface area contributed by atoms with Gasteiger partial charge in [-0.1, -0.05) is 0 Å². The quantitative estimate of drug-likeness (QED) is 0.490. The number of nitrogens with two attached hydrogens (primary N) is 1. The van der Waals surface area contributed by atoms with Crippen LogP contribution in [-0.2, 0) is 0 Å². The van der Waals surface area contributed by atoms with Crippen molar-refractivity contribution in [1.82, 2.24) is 4.90 Å². The Labute approximate surface area is 57.5 Å². The molecule has 0 aliphatic carbocycles. The zero-order valence-corrected chi connectivity index (χ0v) is 5.14. The number of carbonyl (C=O) groups is 1. The molecule has 1 amide bonds. The minimum absolute atomic E-state index is 0.650. The summed E-state index contributed by atoms with van der Waals surface area (Å²) in [6, 6.07) is 0. The fourth-order valence-corrected chi connectivity index (χ4v) is 0.611. The van der Waals surface area contributed by atoms with Crippen molar-refractivity contribution >= 4 is 12.3 Å². The van der Waals surface area contributed by atoms with Crippen LogP contribution in [0.15, 0.2) is 17.4 Å². The Kier molecular flexibility index (Phi) is 1.68. The van der Waals surface area contributed by atoms with Crippen molar-refractivity contribution in [2.45, 2.75) is 6.17 Å². The Balaban J connectivity index is 2.70. The zero-order chi connectivity index (χ0) is 7.56. The lowest BCUT2D eigenvalue weighted by molar-refractivity contribution is 0.158. The lowest BCUT2D eigenvalue weighted by atomic mass is 10.4. The Morgan fingerprint density at radius 2 is 2.50 bits per heavy atom. The van der Waals surface area contributed by atoms with Crippen LogP contribution in [0.25, 0.3) is 0 Å². The Morgan fingerprint density at radius 3 is 2.90 bits per heavy atom. The maximum absolute atomic E-state index is 10.3. The first-order valence-electron chi connectivity index (χ1n) is 2.68. The second kappa shape index (κ2) is 2.49. The van der Waals surface area contributed by atoms with Crippen LogP contribution in [0.5, 0.6) is 0 Å². The van der Waals surface area contributed by atoms with Crippen LogP contribution >= 0.6 is 0 Å². The van der Waals surface area contributed by atoms with E-state index in [-0.39, 0.29) is 0 Å². The SMILES string of the molecule is NC1C=NC=CN1C(=O)O. The van der Waals surface area contributed by atoms with E-state index in [9.17, 15) is 4.79 Å². The van der Waals surface area contributed by atoms with E-state index in [1.807, 2.05) is 0 Å². The van der Waals surface area contributed by atoms with Gasteiger partial charge in [-0.25, -0.2) is 4.79 Å². The third kappa shape index (κ3) is 1.14. The van der Waals surface area contributed by atoms with E-state index in [0.29, 0.717) is 0 Å². The fourth-order valence-electron chi connectivity index (χ4n) is 0.611. The van der Waals surface area contributed by atoms with Gasteiger partial charge in [0, 0.05) is 18.6 Å². The van der Waals surface area contributed by atoms with Crippen molar-refractivity contribution in [2.24, 2.45) is 10.7 Å². The summed E-state index contributed by atoms with van der Waals surface area (Å²) in [7, 11) is 0. The average Bonchev–Trinajstić information content (AvgIpc) is 1.88. The number of amides is 1. The lowest BCUT2D eigenvalue weighted by Crippen LogP contribution is -2.43. The summed E-state index contributed by atoms with van der Waals surface area (Å²) < 4.78 is 0. The van der Waals surface area contributed by atoms with Gasteiger partial charge in [0.05, 0.1) is 0 Å². The molecule has 1 aliphatic heterocycles. The minimum atomic E-state index is -1.07. The summed E-state index contributed by atoms with van der Waals surface area (Å²) in [5, 5.41) is 8.44. The third-order valence-electron chi connectivity index (χ3n) is 1.09. The van der Waals surface area contributed by atoms with Crippen LogP contribution in [0.4, 0.5) is 4.79 Å². The number of hydrogen-bond donors (Lipinski definition) is 2. The summed E-state index contributed by atoms with van der Waals surface area (Å²) >= 11 is 0. The van der Waals surface area contributed by atoms with Crippen molar-refractivity contribution in [3.05, 3.63) is 12.4 Å². The summed E-state index contributed by atoms with van der Waals surface area (Å²) in [5.74, 6) is 0. The first kappa shape index (κ1) is 6.76. The second-order valence-corrected chi connectivity index (χ2v) is 1.78. The molecule has 0 aromatic heterocycles. The van der Waals surface area contributed by atoms with Crippen molar-refractivity contribution in [3.63, 3.8) is 0 Å². The van der Waals surface area contributed by atoms with Crippen LogP contribution in [0.2, 0.25) is 0 Å². The van der Waals surface area contributed by atoms with E-state index in [0.717, 1.165) is 4.90 Å². The van der Waals surface area contributed by atoms with Crippen LogP contribution in [0.3, 0.4) is 0 Å². The zero-order valence-electron chi connectivity index (χ0n) is 5.14. The van der Waals surface area contributed by atoms with Crippen LogP contribution in [-0.4, -0.2) is 28.5 Å². The number of carboxylic acid groups (broad SMARTS) is 1. The summed E-state index contributed by atoms with van der Waals surface area (Å²) in [6.07, 6.45) is 2.32. The molecule has 5 heteroatoms. The highest BCUT2D eigenvalue weighted by molar-refractivity contribution is 5.76. The van der Waals surface area contributed by atoms with Gasteiger partial charge >= 0.3 is 6.09 Å². The number of nitrogens with zero attached hydrogens (tertiary/aromatic N) is 2. The maximum Gasteiger partial charge on any atom is 0.413 e. The predicted octanol–water partition coefficient (Wildman–Crippen LogP) is -0.193. The molecule has 54 valence electrons. The molecule has 0 saturated heterocycles. The molecule has 1 atom stereocenters. The van der Waals surface area contributed by atoms with E-state index >= 15 is 0 Å². The summed E-state index contributed by atoms with van der Waals surface area (Å²) in [4.78, 5) is 14.9. The van der Waals surface area contributed by atoms with Gasteiger partial charge in [0.2, 0.25) is 0 Å². The molecule has 0 bridgehead atoms. The number of aliphatic imine (C=N–C) groups is 1. The molecule has 0 spiro atoms. The van der Waals surface area contributed by atoms with Crippen LogP contribution < -0.4 is 5.73 Å². The molecule has 0 radical (unpaired) electrons. The Bertz CT molecular complexity index is 199. The largest absolute Gasteiger partial charge is 0.465 e. The molecule has 5 nitrogen and oxygen atoms in total. The summed E-state index contributed by atoms with van der Waals surface area (Å²) in [5.41, 5.74) is 5.32. The van der Waals surface area contributed by atoms with Gasteiger partial charge in [-0.2, -0.15) is 0 Å².